The molecule has 0 N–H and O–H groups in total. The van der Waals surface area contributed by atoms with E-state index >= 15 is 0 Å². The lowest BCUT2D eigenvalue weighted by atomic mass is 9.79. The zero-order valence-corrected chi connectivity index (χ0v) is 19.2. The molecule has 5 rings (SSSR count). The average Bonchev–Trinajstić information content (AvgIpc) is 3.54. The minimum absolute atomic E-state index is 0.0376. The Hall–Kier alpha value is -2.47. The molecule has 0 saturated heterocycles. The molecule has 1 amide bonds. The highest BCUT2D eigenvalue weighted by Crippen LogP contribution is 2.45. The zero-order chi connectivity index (χ0) is 21.2. The second-order valence-corrected chi connectivity index (χ2v) is 10.1. The molecule has 3 nitrogen and oxygen atoms in total. The zero-order valence-electron chi connectivity index (χ0n) is 16.8. The van der Waals surface area contributed by atoms with E-state index in [1.165, 1.54) is 15.3 Å². The highest BCUT2D eigenvalue weighted by Gasteiger charge is 2.43. The van der Waals surface area contributed by atoms with Crippen LogP contribution in [0.15, 0.2) is 76.0 Å². The molecule has 1 aliphatic carbocycles. The number of hydrazone groups is 1. The summed E-state index contributed by atoms with van der Waals surface area (Å²) in [6, 6.07) is 15.8. The molecule has 2 aliphatic rings. The first kappa shape index (κ1) is 20.4. The van der Waals surface area contributed by atoms with Gasteiger partial charge in [0.1, 0.15) is 0 Å². The van der Waals surface area contributed by atoms with Gasteiger partial charge in [0.25, 0.3) is 5.91 Å². The summed E-state index contributed by atoms with van der Waals surface area (Å²) in [6.07, 6.45) is 8.87. The van der Waals surface area contributed by atoms with Crippen molar-refractivity contribution >= 4 is 58.0 Å². The minimum Gasteiger partial charge on any atom is -0.268 e. The van der Waals surface area contributed by atoms with Crippen LogP contribution < -0.4 is 0 Å². The summed E-state index contributed by atoms with van der Waals surface area (Å²) in [5.41, 5.74) is 3.27. The number of thiophene rings is 2. The Morgan fingerprint density at radius 3 is 2.65 bits per heavy atom. The van der Waals surface area contributed by atoms with Gasteiger partial charge in [-0.25, -0.2) is 5.01 Å². The molecule has 3 heterocycles. The van der Waals surface area contributed by atoms with Gasteiger partial charge in [-0.15, -0.1) is 22.7 Å². The Morgan fingerprint density at radius 1 is 1.10 bits per heavy atom. The van der Waals surface area contributed by atoms with Gasteiger partial charge in [-0.2, -0.15) is 5.10 Å². The molecule has 0 bridgehead atoms. The van der Waals surface area contributed by atoms with E-state index in [0.717, 1.165) is 30.5 Å². The number of nitrogens with zero attached hydrogens (tertiary/aromatic N) is 2. The molecule has 0 radical (unpaired) electrons. The number of hydrogen-bond acceptors (Lipinski definition) is 4. The summed E-state index contributed by atoms with van der Waals surface area (Å²) in [6.45, 7) is 0. The van der Waals surface area contributed by atoms with E-state index in [-0.39, 0.29) is 17.9 Å². The SMILES string of the molecule is O=C(/C=C\c1ccc(Cl)cc1)N1N=C2/C(=C\c3cccs3)CCC[C@H]2[C@@H]1c1cccs1. The van der Waals surface area contributed by atoms with Gasteiger partial charge in [-0.3, -0.25) is 4.79 Å². The van der Waals surface area contributed by atoms with E-state index in [1.54, 1.807) is 33.8 Å². The normalized spacial score (nSPS) is 22.2. The van der Waals surface area contributed by atoms with Crippen LogP contribution in [0.25, 0.3) is 12.2 Å². The molecule has 156 valence electrons. The van der Waals surface area contributed by atoms with Crippen LogP contribution >= 0.6 is 34.3 Å². The number of fused-ring (bicyclic) bond motifs is 1. The second kappa shape index (κ2) is 8.95. The molecule has 1 saturated carbocycles. The smallest absolute Gasteiger partial charge is 0.267 e. The van der Waals surface area contributed by atoms with Gasteiger partial charge < -0.3 is 0 Å². The molecule has 1 fully saturated rings. The van der Waals surface area contributed by atoms with Gasteiger partial charge in [0.2, 0.25) is 0 Å². The summed E-state index contributed by atoms with van der Waals surface area (Å²) in [4.78, 5) is 15.7. The van der Waals surface area contributed by atoms with E-state index in [1.807, 2.05) is 30.3 Å². The summed E-state index contributed by atoms with van der Waals surface area (Å²) >= 11 is 9.40. The monoisotopic (exact) mass is 464 g/mol. The number of benzene rings is 1. The predicted molar refractivity (Wildman–Crippen MR) is 131 cm³/mol. The van der Waals surface area contributed by atoms with Crippen molar-refractivity contribution in [1.29, 1.82) is 0 Å². The largest absolute Gasteiger partial charge is 0.268 e. The van der Waals surface area contributed by atoms with Crippen molar-refractivity contribution < 1.29 is 4.79 Å². The fraction of sp³-hybridized carbons (Fsp3) is 0.200. The lowest BCUT2D eigenvalue weighted by Crippen LogP contribution is -2.30. The van der Waals surface area contributed by atoms with Crippen molar-refractivity contribution in [2.45, 2.75) is 25.3 Å². The molecule has 1 aromatic carbocycles. The van der Waals surface area contributed by atoms with Gasteiger partial charge in [0.15, 0.2) is 0 Å². The Morgan fingerprint density at radius 2 is 1.90 bits per heavy atom. The summed E-state index contributed by atoms with van der Waals surface area (Å²) < 4.78 is 0. The number of hydrogen-bond donors (Lipinski definition) is 0. The van der Waals surface area contributed by atoms with Crippen molar-refractivity contribution in [3.8, 4) is 0 Å². The fourth-order valence-corrected chi connectivity index (χ4v) is 5.97. The van der Waals surface area contributed by atoms with E-state index in [9.17, 15) is 4.79 Å². The molecule has 0 unspecified atom stereocenters. The summed E-state index contributed by atoms with van der Waals surface area (Å²) in [5, 5.41) is 11.5. The maximum atomic E-state index is 13.3. The van der Waals surface area contributed by atoms with Crippen molar-refractivity contribution in [2.75, 3.05) is 0 Å². The standard InChI is InChI=1S/C25H21ClN2OS2/c26-19-11-8-17(9-12-19)10-13-23(29)28-25(22-7-3-15-31-22)21-6-1-4-18(24(21)27-28)16-20-5-2-14-30-20/h2-3,5,7-16,21,25H,1,4,6H2/b13-10-,18-16-/t21-,25-/m1/s1. The number of rotatable bonds is 4. The van der Waals surface area contributed by atoms with Gasteiger partial charge >= 0.3 is 0 Å². The molecule has 2 atom stereocenters. The number of carbonyl (C=O) groups excluding carboxylic acids is 1. The van der Waals surface area contributed by atoms with Crippen LogP contribution in [0.2, 0.25) is 5.02 Å². The number of allylic oxidation sites excluding steroid dienone is 1. The lowest BCUT2D eigenvalue weighted by Gasteiger charge is -2.28. The highest BCUT2D eigenvalue weighted by molar-refractivity contribution is 7.11. The van der Waals surface area contributed by atoms with Crippen LogP contribution in [0.4, 0.5) is 0 Å². The summed E-state index contributed by atoms with van der Waals surface area (Å²) in [5.74, 6) is 0.150. The van der Waals surface area contributed by atoms with Crippen LogP contribution in [0.3, 0.4) is 0 Å². The van der Waals surface area contributed by atoms with E-state index in [2.05, 4.69) is 41.1 Å². The topological polar surface area (TPSA) is 32.7 Å². The molecule has 3 aromatic rings. The van der Waals surface area contributed by atoms with Crippen LogP contribution in [0.5, 0.6) is 0 Å². The van der Waals surface area contributed by atoms with Crippen molar-refractivity contribution in [1.82, 2.24) is 5.01 Å². The van der Waals surface area contributed by atoms with Gasteiger partial charge in [0, 0.05) is 26.8 Å². The first-order valence-electron chi connectivity index (χ1n) is 10.3. The van der Waals surface area contributed by atoms with E-state index in [4.69, 9.17) is 16.7 Å². The Kier molecular flexibility index (Phi) is 5.90. The fourth-order valence-electron chi connectivity index (χ4n) is 4.28. The number of carbonyl (C=O) groups is 1. The first-order valence-corrected chi connectivity index (χ1v) is 12.5. The third kappa shape index (κ3) is 4.31. The molecular formula is C25H21ClN2OS2. The number of amides is 1. The third-order valence-corrected chi connectivity index (χ3v) is 7.72. The molecule has 0 spiro atoms. The number of halogens is 1. The molecule has 1 aliphatic heterocycles. The molecule has 31 heavy (non-hydrogen) atoms. The molecular weight excluding hydrogens is 444 g/mol. The van der Waals surface area contributed by atoms with E-state index < -0.39 is 0 Å². The maximum Gasteiger partial charge on any atom is 0.267 e. The van der Waals surface area contributed by atoms with Gasteiger partial charge in [-0.05, 0) is 77.6 Å². The van der Waals surface area contributed by atoms with Crippen molar-refractivity contribution in [3.05, 3.63) is 91.3 Å². The highest BCUT2D eigenvalue weighted by atomic mass is 35.5. The quantitative estimate of drug-likeness (QED) is 0.373. The van der Waals surface area contributed by atoms with Crippen LogP contribution in [0, 0.1) is 5.92 Å². The van der Waals surface area contributed by atoms with Crippen LogP contribution in [0.1, 0.15) is 40.6 Å². The molecule has 6 heteroatoms. The maximum absolute atomic E-state index is 13.3. The lowest BCUT2D eigenvalue weighted by molar-refractivity contribution is -0.128. The minimum atomic E-state index is -0.0919. The van der Waals surface area contributed by atoms with Crippen LogP contribution in [-0.4, -0.2) is 16.6 Å². The van der Waals surface area contributed by atoms with Crippen LogP contribution in [-0.2, 0) is 4.79 Å². The van der Waals surface area contributed by atoms with Crippen molar-refractivity contribution in [3.63, 3.8) is 0 Å². The summed E-state index contributed by atoms with van der Waals surface area (Å²) in [7, 11) is 0. The van der Waals surface area contributed by atoms with Gasteiger partial charge in [0.05, 0.1) is 11.8 Å². The van der Waals surface area contributed by atoms with Crippen molar-refractivity contribution in [2.24, 2.45) is 11.0 Å². The van der Waals surface area contributed by atoms with E-state index in [0.29, 0.717) is 5.02 Å². The Labute approximate surface area is 195 Å². The van der Waals surface area contributed by atoms with Gasteiger partial charge in [-0.1, -0.05) is 35.9 Å². The third-order valence-electron chi connectivity index (χ3n) is 5.71. The molecule has 2 aromatic heterocycles. The predicted octanol–water partition coefficient (Wildman–Crippen LogP) is 7.30. The second-order valence-electron chi connectivity index (χ2n) is 7.70. The Bertz CT molecular complexity index is 1140. The average molecular weight is 465 g/mol. The Balaban J connectivity index is 1.48. The first-order chi connectivity index (χ1) is 15.2.